The van der Waals surface area contributed by atoms with Gasteiger partial charge in [-0.05, 0) is 45.6 Å². The van der Waals surface area contributed by atoms with Crippen molar-refractivity contribution in [3.63, 3.8) is 0 Å². The van der Waals surface area contributed by atoms with Crippen LogP contribution in [0.5, 0.6) is 0 Å². The van der Waals surface area contributed by atoms with Gasteiger partial charge in [0, 0.05) is 16.5 Å². The van der Waals surface area contributed by atoms with Crippen molar-refractivity contribution in [3.8, 4) is 0 Å². The van der Waals surface area contributed by atoms with Crippen molar-refractivity contribution in [1.82, 2.24) is 9.78 Å². The van der Waals surface area contributed by atoms with Crippen LogP contribution < -0.4 is 5.56 Å². The number of hydrogen-bond donors (Lipinski definition) is 0. The first-order valence-corrected chi connectivity index (χ1v) is 13.4. The number of benzene rings is 2. The Balaban J connectivity index is 1.67. The molecule has 4 aromatic rings. The molecule has 0 bridgehead atoms. The first-order chi connectivity index (χ1) is 17.6. The predicted octanol–water partition coefficient (Wildman–Crippen LogP) is 6.58. The molecule has 0 unspecified atom stereocenters. The molecule has 2 aromatic heterocycles. The number of rotatable bonds is 6. The van der Waals surface area contributed by atoms with E-state index in [0.717, 1.165) is 32.9 Å². The highest BCUT2D eigenvalue weighted by Gasteiger charge is 2.56. The molecule has 5 rings (SSSR count). The largest absolute Gasteiger partial charge is 0.458 e. The molecule has 0 saturated heterocycles. The minimum atomic E-state index is -1.03. The number of carbonyl (C=O) groups is 1. The number of aromatic nitrogens is 2. The van der Waals surface area contributed by atoms with Crippen LogP contribution >= 0.6 is 11.3 Å². The third kappa shape index (κ3) is 4.88. The molecule has 0 aliphatic heterocycles. The molecule has 2 aromatic carbocycles. The number of ether oxygens (including phenoxy) is 1. The van der Waals surface area contributed by atoms with E-state index in [2.05, 4.69) is 0 Å². The second-order valence-electron chi connectivity index (χ2n) is 10.8. The number of fused-ring (bicyclic) bond motifs is 1. The highest BCUT2D eigenvalue weighted by atomic mass is 32.1. The molecular weight excluding hydrogens is 482 g/mol. The molecule has 1 fully saturated rings. The van der Waals surface area contributed by atoms with Gasteiger partial charge in [-0.25, -0.2) is 14.5 Å². The molecular formula is C30H31N3O3S. The number of hydrogen-bond acceptors (Lipinski definition) is 6. The molecule has 0 amide bonds. The van der Waals surface area contributed by atoms with Gasteiger partial charge < -0.3 is 4.74 Å². The van der Waals surface area contributed by atoms with Gasteiger partial charge in [0.1, 0.15) is 15.3 Å². The van der Waals surface area contributed by atoms with Gasteiger partial charge in [0.2, 0.25) is 0 Å². The number of carbonyl (C=O) groups excluding carboxylic acids is 1. The number of aliphatic imine (C=N–C) groups is 1. The summed E-state index contributed by atoms with van der Waals surface area (Å²) in [5, 5.41) is 6.27. The van der Waals surface area contributed by atoms with Crippen molar-refractivity contribution in [2.45, 2.75) is 64.5 Å². The molecule has 2 heterocycles. The molecule has 0 spiro atoms. The topological polar surface area (TPSA) is 73.6 Å². The fraction of sp³-hybridized carbons (Fsp3) is 0.333. The van der Waals surface area contributed by atoms with Crippen molar-refractivity contribution >= 4 is 38.1 Å². The van der Waals surface area contributed by atoms with Gasteiger partial charge >= 0.3 is 5.97 Å². The maximum Gasteiger partial charge on any atom is 0.334 e. The quantitative estimate of drug-likeness (QED) is 0.216. The van der Waals surface area contributed by atoms with E-state index in [-0.39, 0.29) is 11.5 Å². The average Bonchev–Trinajstić information content (AvgIpc) is 3.56. The summed E-state index contributed by atoms with van der Waals surface area (Å²) in [6.45, 7) is 9.59. The van der Waals surface area contributed by atoms with Crippen LogP contribution in [0.25, 0.3) is 10.1 Å². The Morgan fingerprint density at radius 1 is 1.03 bits per heavy atom. The van der Waals surface area contributed by atoms with Crippen molar-refractivity contribution in [2.75, 3.05) is 0 Å². The summed E-state index contributed by atoms with van der Waals surface area (Å²) in [7, 11) is 0. The minimum absolute atomic E-state index is 0.0536. The zero-order valence-electron chi connectivity index (χ0n) is 21.8. The third-order valence-electron chi connectivity index (χ3n) is 6.36. The Labute approximate surface area is 220 Å². The second-order valence-corrected chi connectivity index (χ2v) is 11.8. The van der Waals surface area contributed by atoms with Gasteiger partial charge in [-0.15, -0.1) is 11.3 Å². The predicted molar refractivity (Wildman–Crippen MR) is 149 cm³/mol. The van der Waals surface area contributed by atoms with Gasteiger partial charge in [0.15, 0.2) is 5.54 Å². The van der Waals surface area contributed by atoms with E-state index in [9.17, 15) is 9.59 Å². The first-order valence-electron chi connectivity index (χ1n) is 12.6. The van der Waals surface area contributed by atoms with Gasteiger partial charge in [0.05, 0.1) is 11.4 Å². The maximum atomic E-state index is 13.8. The molecule has 190 valence electrons. The van der Waals surface area contributed by atoms with Crippen LogP contribution in [-0.2, 0) is 15.1 Å². The summed E-state index contributed by atoms with van der Waals surface area (Å²) < 4.78 is 7.64. The van der Waals surface area contributed by atoms with Crippen LogP contribution in [0, 0.1) is 0 Å². The van der Waals surface area contributed by atoms with E-state index in [4.69, 9.17) is 14.8 Å². The maximum absolute atomic E-state index is 13.8. The molecule has 0 atom stereocenters. The number of esters is 1. The lowest BCUT2D eigenvalue weighted by Crippen LogP contribution is -2.42. The van der Waals surface area contributed by atoms with E-state index in [1.165, 1.54) is 16.0 Å². The zero-order valence-corrected chi connectivity index (χ0v) is 22.6. The number of thiophene rings is 1. The summed E-state index contributed by atoms with van der Waals surface area (Å²) in [4.78, 5) is 31.9. The Bertz CT molecular complexity index is 1500. The Morgan fingerprint density at radius 3 is 2.08 bits per heavy atom. The Hall–Kier alpha value is -3.58. The highest BCUT2D eigenvalue weighted by molar-refractivity contribution is 7.22. The summed E-state index contributed by atoms with van der Waals surface area (Å²) in [5.74, 6) is -0.341. The fourth-order valence-electron chi connectivity index (χ4n) is 4.39. The van der Waals surface area contributed by atoms with E-state index in [0.29, 0.717) is 17.5 Å². The van der Waals surface area contributed by atoms with Gasteiger partial charge in [-0.1, -0.05) is 74.5 Å². The van der Waals surface area contributed by atoms with E-state index in [1.54, 1.807) is 0 Å². The lowest BCUT2D eigenvalue weighted by Gasteiger charge is -2.25. The van der Waals surface area contributed by atoms with Crippen LogP contribution in [0.3, 0.4) is 0 Å². The smallest absolute Gasteiger partial charge is 0.334 e. The Kier molecular flexibility index (Phi) is 6.36. The van der Waals surface area contributed by atoms with Gasteiger partial charge in [0.25, 0.3) is 5.56 Å². The molecule has 37 heavy (non-hydrogen) atoms. The molecule has 7 heteroatoms. The molecule has 0 radical (unpaired) electrons. The van der Waals surface area contributed by atoms with Crippen LogP contribution in [0.1, 0.15) is 70.2 Å². The van der Waals surface area contributed by atoms with E-state index >= 15 is 0 Å². The van der Waals surface area contributed by atoms with E-state index < -0.39 is 17.1 Å². The SMILES string of the molecule is CC(C)c1nn(C2(C(=O)OC(C)(C)C)CC2)c(=O)c2sc(N=C(c3ccccc3)c3ccccc3)cc12. The van der Waals surface area contributed by atoms with Crippen LogP contribution in [0.2, 0.25) is 0 Å². The summed E-state index contributed by atoms with van der Waals surface area (Å²) in [6.07, 6.45) is 1.08. The molecule has 0 N–H and O–H groups in total. The van der Waals surface area contributed by atoms with Gasteiger partial charge in [-0.2, -0.15) is 5.10 Å². The molecule has 1 aliphatic carbocycles. The van der Waals surface area contributed by atoms with Crippen LogP contribution in [-0.4, -0.2) is 27.1 Å². The first kappa shape index (κ1) is 25.1. The van der Waals surface area contributed by atoms with Gasteiger partial charge in [-0.3, -0.25) is 4.79 Å². The highest BCUT2D eigenvalue weighted by Crippen LogP contribution is 2.45. The lowest BCUT2D eigenvalue weighted by atomic mass is 10.0. The monoisotopic (exact) mass is 513 g/mol. The van der Waals surface area contributed by atoms with Crippen molar-refractivity contribution in [3.05, 3.63) is 93.9 Å². The normalized spacial score (nSPS) is 14.5. The summed E-state index contributed by atoms with van der Waals surface area (Å²) in [6, 6.07) is 22.0. The lowest BCUT2D eigenvalue weighted by molar-refractivity contribution is -0.161. The van der Waals surface area contributed by atoms with E-state index in [1.807, 2.05) is 101 Å². The fourth-order valence-corrected chi connectivity index (χ4v) is 5.36. The standard InChI is InChI=1S/C30H31N3O3S/c1-19(2)24-22-18-23(31-25(20-12-8-6-9-13-20)21-14-10-7-11-15-21)37-26(22)27(34)33(32-24)30(16-17-30)28(35)36-29(3,4)5/h6-15,18-19H,16-17H2,1-5H3. The average molecular weight is 514 g/mol. The molecule has 6 nitrogen and oxygen atoms in total. The minimum Gasteiger partial charge on any atom is -0.458 e. The Morgan fingerprint density at radius 2 is 1.59 bits per heavy atom. The van der Waals surface area contributed by atoms with Crippen LogP contribution in [0.15, 0.2) is 76.5 Å². The molecule has 1 saturated carbocycles. The second kappa shape index (κ2) is 9.38. The third-order valence-corrected chi connectivity index (χ3v) is 7.38. The zero-order chi connectivity index (χ0) is 26.4. The summed E-state index contributed by atoms with van der Waals surface area (Å²) >= 11 is 1.34. The van der Waals surface area contributed by atoms with Crippen LogP contribution in [0.4, 0.5) is 5.00 Å². The van der Waals surface area contributed by atoms with Crippen molar-refractivity contribution in [2.24, 2.45) is 4.99 Å². The number of nitrogens with zero attached hydrogens (tertiary/aromatic N) is 3. The van der Waals surface area contributed by atoms with Crippen molar-refractivity contribution < 1.29 is 9.53 Å². The van der Waals surface area contributed by atoms with Crippen molar-refractivity contribution in [1.29, 1.82) is 0 Å². The molecule has 1 aliphatic rings. The summed E-state index contributed by atoms with van der Waals surface area (Å²) in [5.41, 5.74) is 1.66.